The van der Waals surface area contributed by atoms with E-state index in [1.165, 1.54) is 6.07 Å². The van der Waals surface area contributed by atoms with Crippen molar-refractivity contribution in [3.8, 4) is 0 Å². The summed E-state index contributed by atoms with van der Waals surface area (Å²) < 4.78 is 23.1. The molecule has 1 amide bonds. The molecule has 1 heterocycles. The fourth-order valence-corrected chi connectivity index (χ4v) is 2.96. The summed E-state index contributed by atoms with van der Waals surface area (Å²) in [7, 11) is -3.83. The fraction of sp³-hybridized carbons (Fsp3) is 0.462. The molecule has 0 unspecified atom stereocenters. The van der Waals surface area contributed by atoms with Crippen molar-refractivity contribution in [3.05, 3.63) is 28.8 Å². The van der Waals surface area contributed by atoms with Gasteiger partial charge in [0.1, 0.15) is 0 Å². The van der Waals surface area contributed by atoms with Gasteiger partial charge in [-0.15, -0.1) is 12.4 Å². The fourth-order valence-electron chi connectivity index (χ4n) is 2.09. The number of nitrogens with one attached hydrogen (secondary N) is 2. The number of halogens is 1. The molecule has 21 heavy (non-hydrogen) atoms. The number of rotatable bonds is 4. The Hall–Kier alpha value is -1.15. The van der Waals surface area contributed by atoms with Crippen LogP contribution in [0.5, 0.6) is 0 Å². The third kappa shape index (κ3) is 4.16. The largest absolute Gasteiger partial charge is 0.352 e. The first-order valence-electron chi connectivity index (χ1n) is 6.42. The van der Waals surface area contributed by atoms with E-state index < -0.39 is 10.0 Å². The Morgan fingerprint density at radius 2 is 2.00 bits per heavy atom. The number of hydrogen-bond donors (Lipinski definition) is 3. The molecule has 8 heteroatoms. The smallest absolute Gasteiger partial charge is 0.251 e. The van der Waals surface area contributed by atoms with Gasteiger partial charge in [-0.2, -0.15) is 0 Å². The Labute approximate surface area is 130 Å². The van der Waals surface area contributed by atoms with E-state index in [1.807, 2.05) is 0 Å². The molecule has 0 bridgehead atoms. The summed E-state index contributed by atoms with van der Waals surface area (Å²) in [6.07, 6.45) is 0. The molecule has 118 valence electrons. The highest BCUT2D eigenvalue weighted by Crippen LogP contribution is 2.20. The van der Waals surface area contributed by atoms with Gasteiger partial charge in [0.25, 0.3) is 5.91 Å². The van der Waals surface area contributed by atoms with Crippen LogP contribution in [0.4, 0.5) is 0 Å². The molecular weight excluding hydrogens is 314 g/mol. The van der Waals surface area contributed by atoms with Gasteiger partial charge in [-0.25, -0.2) is 13.6 Å². The first-order chi connectivity index (χ1) is 9.29. The second-order valence-electron chi connectivity index (χ2n) is 5.20. The van der Waals surface area contributed by atoms with Crippen LogP contribution in [-0.4, -0.2) is 34.0 Å². The lowest BCUT2D eigenvalue weighted by Gasteiger charge is -2.27. The minimum absolute atomic E-state index is 0. The molecule has 0 aromatic heterocycles. The maximum Gasteiger partial charge on any atom is 0.251 e. The number of sulfonamides is 1. The van der Waals surface area contributed by atoms with E-state index >= 15 is 0 Å². The number of carbonyl (C=O) groups excluding carboxylic acids is 1. The van der Waals surface area contributed by atoms with Crippen molar-refractivity contribution in [3.63, 3.8) is 0 Å². The van der Waals surface area contributed by atoms with Crippen molar-refractivity contribution in [2.24, 2.45) is 11.1 Å². The molecule has 4 N–H and O–H groups in total. The van der Waals surface area contributed by atoms with Crippen molar-refractivity contribution in [2.45, 2.75) is 18.7 Å². The Morgan fingerprint density at radius 1 is 1.38 bits per heavy atom. The van der Waals surface area contributed by atoms with Crippen LogP contribution in [-0.2, 0) is 10.0 Å². The van der Waals surface area contributed by atoms with Crippen LogP contribution in [0, 0.1) is 19.8 Å². The SMILES string of the molecule is Cc1cc(C(=O)NCC2CNC2)cc(S(N)(=O)=O)c1C.Cl. The third-order valence-corrected chi connectivity index (χ3v) is 4.64. The molecule has 6 nitrogen and oxygen atoms in total. The van der Waals surface area contributed by atoms with Gasteiger partial charge in [0.15, 0.2) is 0 Å². The van der Waals surface area contributed by atoms with E-state index in [2.05, 4.69) is 10.6 Å². The van der Waals surface area contributed by atoms with Crippen molar-refractivity contribution < 1.29 is 13.2 Å². The lowest BCUT2D eigenvalue weighted by atomic mass is 10.0. The van der Waals surface area contributed by atoms with Crippen LogP contribution in [0.15, 0.2) is 17.0 Å². The molecule has 1 aromatic carbocycles. The average Bonchev–Trinajstić information content (AvgIpc) is 2.28. The molecular formula is C13H20ClN3O3S. The number of aryl methyl sites for hydroxylation is 1. The molecule has 1 fully saturated rings. The zero-order chi connectivity index (χ0) is 14.9. The minimum atomic E-state index is -3.83. The van der Waals surface area contributed by atoms with Gasteiger partial charge in [-0.3, -0.25) is 4.79 Å². The van der Waals surface area contributed by atoms with Gasteiger partial charge < -0.3 is 10.6 Å². The monoisotopic (exact) mass is 333 g/mol. The van der Waals surface area contributed by atoms with Gasteiger partial charge in [-0.05, 0) is 37.1 Å². The molecule has 0 radical (unpaired) electrons. The average molecular weight is 334 g/mol. The zero-order valence-electron chi connectivity index (χ0n) is 12.0. The lowest BCUT2D eigenvalue weighted by molar-refractivity contribution is 0.0942. The maximum absolute atomic E-state index is 12.1. The summed E-state index contributed by atoms with van der Waals surface area (Å²) in [6, 6.07) is 3.02. The van der Waals surface area contributed by atoms with E-state index in [4.69, 9.17) is 5.14 Å². The van der Waals surface area contributed by atoms with Gasteiger partial charge in [0, 0.05) is 31.1 Å². The van der Waals surface area contributed by atoms with Gasteiger partial charge in [-0.1, -0.05) is 0 Å². The first-order valence-corrected chi connectivity index (χ1v) is 7.96. The van der Waals surface area contributed by atoms with Gasteiger partial charge in [0.05, 0.1) is 4.90 Å². The van der Waals surface area contributed by atoms with E-state index in [0.29, 0.717) is 23.6 Å². The molecule has 1 aliphatic heterocycles. The molecule has 1 saturated heterocycles. The Bertz CT molecular complexity index is 642. The number of nitrogens with two attached hydrogens (primary N) is 1. The zero-order valence-corrected chi connectivity index (χ0v) is 13.6. The molecule has 1 aliphatic rings. The summed E-state index contributed by atoms with van der Waals surface area (Å²) >= 11 is 0. The lowest BCUT2D eigenvalue weighted by Crippen LogP contribution is -2.48. The summed E-state index contributed by atoms with van der Waals surface area (Å²) in [6.45, 7) is 5.82. The highest BCUT2D eigenvalue weighted by Gasteiger charge is 2.20. The number of primary sulfonamides is 1. The number of amides is 1. The molecule has 2 rings (SSSR count). The van der Waals surface area contributed by atoms with Gasteiger partial charge in [0.2, 0.25) is 10.0 Å². The molecule has 0 spiro atoms. The normalized spacial score (nSPS) is 15.0. The Kier molecular flexibility index (Phi) is 5.75. The highest BCUT2D eigenvalue weighted by molar-refractivity contribution is 7.89. The van der Waals surface area contributed by atoms with Crippen LogP contribution in [0.25, 0.3) is 0 Å². The number of hydrogen-bond acceptors (Lipinski definition) is 4. The van der Waals surface area contributed by atoms with Crippen LogP contribution in [0.2, 0.25) is 0 Å². The summed E-state index contributed by atoms with van der Waals surface area (Å²) in [5.41, 5.74) is 1.63. The molecule has 0 atom stereocenters. The second-order valence-corrected chi connectivity index (χ2v) is 6.73. The van der Waals surface area contributed by atoms with Crippen molar-refractivity contribution in [2.75, 3.05) is 19.6 Å². The van der Waals surface area contributed by atoms with E-state index in [9.17, 15) is 13.2 Å². The van der Waals surface area contributed by atoms with Crippen molar-refractivity contribution >= 4 is 28.3 Å². The van der Waals surface area contributed by atoms with Crippen LogP contribution in [0.1, 0.15) is 21.5 Å². The highest BCUT2D eigenvalue weighted by atomic mass is 35.5. The van der Waals surface area contributed by atoms with Crippen molar-refractivity contribution in [1.82, 2.24) is 10.6 Å². The van der Waals surface area contributed by atoms with Crippen LogP contribution < -0.4 is 15.8 Å². The summed E-state index contributed by atoms with van der Waals surface area (Å²) in [5.74, 6) is 0.174. The van der Waals surface area contributed by atoms with E-state index in [0.717, 1.165) is 18.7 Å². The minimum Gasteiger partial charge on any atom is -0.352 e. The topological polar surface area (TPSA) is 101 Å². The first kappa shape index (κ1) is 17.9. The standard InChI is InChI=1S/C13H19N3O3S.ClH/c1-8-3-11(4-12(9(8)2)20(14,18)19)13(17)16-7-10-5-15-6-10;/h3-4,10,15H,5-7H2,1-2H3,(H,16,17)(H2,14,18,19);1H. The maximum atomic E-state index is 12.1. The second kappa shape index (κ2) is 6.74. The molecule has 1 aromatic rings. The number of carbonyl (C=O) groups is 1. The Morgan fingerprint density at radius 3 is 2.48 bits per heavy atom. The van der Waals surface area contributed by atoms with E-state index in [-0.39, 0.29) is 23.2 Å². The third-order valence-electron chi connectivity index (χ3n) is 3.61. The van der Waals surface area contributed by atoms with Crippen LogP contribution in [0.3, 0.4) is 0 Å². The van der Waals surface area contributed by atoms with Crippen LogP contribution >= 0.6 is 12.4 Å². The van der Waals surface area contributed by atoms with Gasteiger partial charge >= 0.3 is 0 Å². The van der Waals surface area contributed by atoms with Crippen molar-refractivity contribution in [1.29, 1.82) is 0 Å². The summed E-state index contributed by atoms with van der Waals surface area (Å²) in [5, 5.41) is 11.1. The molecule has 0 saturated carbocycles. The summed E-state index contributed by atoms with van der Waals surface area (Å²) in [4.78, 5) is 12.1. The quantitative estimate of drug-likeness (QED) is 0.738. The predicted octanol–water partition coefficient (Wildman–Crippen LogP) is 0.322. The Balaban J connectivity index is 0.00000220. The number of benzene rings is 1. The van der Waals surface area contributed by atoms with E-state index in [1.54, 1.807) is 19.9 Å². The molecule has 0 aliphatic carbocycles. The predicted molar refractivity (Wildman–Crippen MR) is 83.2 cm³/mol.